The van der Waals surface area contributed by atoms with Crippen LogP contribution in [-0.2, 0) is 0 Å². The summed E-state index contributed by atoms with van der Waals surface area (Å²) in [5, 5.41) is 0. The molecule has 1 nitrogen and oxygen atoms in total. The van der Waals surface area contributed by atoms with Gasteiger partial charge in [-0.25, -0.2) is 0 Å². The second-order valence-electron chi connectivity index (χ2n) is 16.6. The Morgan fingerprint density at radius 2 is 0.786 bits per heavy atom. The third kappa shape index (κ3) is 8.57. The van der Waals surface area contributed by atoms with E-state index in [1.165, 1.54) is 50.2 Å². The Labute approximate surface area is 350 Å². The fourth-order valence-electron chi connectivity index (χ4n) is 9.58. The molecule has 0 heterocycles. The molecule has 0 amide bonds. The van der Waals surface area contributed by atoms with Gasteiger partial charge in [-0.1, -0.05) is 0 Å². The quantitative estimate of drug-likeness (QED) is 0.0735. The minimum atomic E-state index is -2.34. The summed E-state index contributed by atoms with van der Waals surface area (Å²) in [5.74, 6) is 0.470. The fourth-order valence-corrected chi connectivity index (χ4v) is 28.0. The molecular weight excluding hydrogens is 797 g/mol. The summed E-state index contributed by atoms with van der Waals surface area (Å²) < 4.78 is 4.77. The number of hydrogen-bond acceptors (Lipinski definition) is 1. The van der Waals surface area contributed by atoms with Gasteiger partial charge in [-0.15, -0.1) is 0 Å². The Balaban J connectivity index is 1.86. The van der Waals surface area contributed by atoms with Gasteiger partial charge in [0.15, 0.2) is 0 Å². The zero-order chi connectivity index (χ0) is 39.8. The van der Waals surface area contributed by atoms with Gasteiger partial charge in [-0.3, -0.25) is 0 Å². The summed E-state index contributed by atoms with van der Waals surface area (Å²) in [5.41, 5.74) is 14.1. The van der Waals surface area contributed by atoms with Crippen molar-refractivity contribution in [2.75, 3.05) is 2.79 Å². The Morgan fingerprint density at radius 1 is 0.464 bits per heavy atom. The Bertz CT molecular complexity index is 1940. The summed E-state index contributed by atoms with van der Waals surface area (Å²) in [4.78, 5) is 0. The molecule has 0 atom stereocenters. The molecule has 3 heteroatoms. The van der Waals surface area contributed by atoms with E-state index in [1.807, 2.05) is 0 Å². The van der Waals surface area contributed by atoms with Gasteiger partial charge in [0.05, 0.1) is 0 Å². The molecular formula is C53H61NSiSn. The van der Waals surface area contributed by atoms with E-state index in [1.54, 1.807) is 3.59 Å². The first-order valence-corrected chi connectivity index (χ1v) is 25.6. The van der Waals surface area contributed by atoms with Gasteiger partial charge in [0, 0.05) is 0 Å². The molecule has 0 aliphatic carbocycles. The molecule has 0 saturated carbocycles. The molecule has 6 aromatic carbocycles. The average molecular weight is 859 g/mol. The van der Waals surface area contributed by atoms with Crippen molar-refractivity contribution in [3.63, 3.8) is 0 Å². The minimum absolute atomic E-state index is 0.0582. The first-order valence-electron chi connectivity index (χ1n) is 20.8. The van der Waals surface area contributed by atoms with E-state index in [-0.39, 0.29) is 11.8 Å². The number of allylic oxidation sites excluding steroid dienone is 1. The van der Waals surface area contributed by atoms with Crippen LogP contribution in [0.3, 0.4) is 0 Å². The van der Waals surface area contributed by atoms with Crippen LogP contribution in [-0.4, -0.2) is 29.7 Å². The zero-order valence-electron chi connectivity index (χ0n) is 35.1. The number of rotatable bonds is 15. The number of anilines is 1. The van der Waals surface area contributed by atoms with Crippen molar-refractivity contribution in [2.24, 2.45) is 0 Å². The summed E-state index contributed by atoms with van der Waals surface area (Å²) in [6, 6.07) is 61.9. The maximum absolute atomic E-state index is 3.23. The molecule has 0 unspecified atom stereocenters. The first-order chi connectivity index (χ1) is 27.1. The first kappa shape index (κ1) is 41.5. The van der Waals surface area contributed by atoms with Gasteiger partial charge in [0.25, 0.3) is 0 Å². The van der Waals surface area contributed by atoms with Gasteiger partial charge in [-0.05, 0) is 0 Å². The van der Waals surface area contributed by atoms with Crippen LogP contribution in [0.4, 0.5) is 5.69 Å². The predicted molar refractivity (Wildman–Crippen MR) is 248 cm³/mol. The van der Waals surface area contributed by atoms with Crippen molar-refractivity contribution in [1.29, 1.82) is 0 Å². The molecule has 56 heavy (non-hydrogen) atoms. The third-order valence-electron chi connectivity index (χ3n) is 12.0. The summed E-state index contributed by atoms with van der Waals surface area (Å²) in [7, 11) is -2.34. The second kappa shape index (κ2) is 18.9. The summed E-state index contributed by atoms with van der Waals surface area (Å²) >= 11 is -1.52. The van der Waals surface area contributed by atoms with Gasteiger partial charge in [0.1, 0.15) is 0 Å². The fraction of sp³-hybridized carbons (Fsp3) is 0.283. The van der Waals surface area contributed by atoms with Crippen LogP contribution in [0.25, 0.3) is 3.59 Å². The molecule has 6 rings (SSSR count). The maximum atomic E-state index is 3.23. The van der Waals surface area contributed by atoms with Gasteiger partial charge < -0.3 is 0 Å². The number of hydrogen-bond donors (Lipinski definition) is 0. The molecule has 0 fully saturated rings. The van der Waals surface area contributed by atoms with E-state index in [4.69, 9.17) is 0 Å². The molecule has 6 aromatic rings. The van der Waals surface area contributed by atoms with E-state index >= 15 is 0 Å². The Hall–Kier alpha value is -4.12. The van der Waals surface area contributed by atoms with Gasteiger partial charge >= 0.3 is 353 Å². The van der Waals surface area contributed by atoms with Crippen LogP contribution in [0.15, 0.2) is 170 Å². The van der Waals surface area contributed by atoms with Crippen molar-refractivity contribution < 1.29 is 0 Å². The van der Waals surface area contributed by atoms with Crippen LogP contribution in [0.5, 0.6) is 0 Å². The van der Waals surface area contributed by atoms with E-state index < -0.39 is 29.7 Å². The number of benzene rings is 6. The average Bonchev–Trinajstić information content (AvgIpc) is 3.21. The molecule has 0 spiro atoms. The topological polar surface area (TPSA) is 3.24 Å². The monoisotopic (exact) mass is 859 g/mol. The Morgan fingerprint density at radius 3 is 1.07 bits per heavy atom. The van der Waals surface area contributed by atoms with Crippen molar-refractivity contribution in [3.8, 4) is 0 Å². The molecule has 0 aliphatic heterocycles. The van der Waals surface area contributed by atoms with Crippen molar-refractivity contribution >= 4 is 38.9 Å². The summed E-state index contributed by atoms with van der Waals surface area (Å²) in [6.45, 7) is 22.3. The predicted octanol–water partition coefficient (Wildman–Crippen LogP) is 14.8. The third-order valence-corrected chi connectivity index (χ3v) is 26.2. The normalized spacial score (nSPS) is 12.4. The van der Waals surface area contributed by atoms with Crippen LogP contribution in [0.1, 0.15) is 125 Å². The molecule has 2 radical (unpaired) electrons. The molecule has 0 saturated heterocycles. The zero-order valence-corrected chi connectivity index (χ0v) is 38.9. The van der Waals surface area contributed by atoms with Crippen molar-refractivity contribution in [2.45, 2.75) is 96.7 Å². The second-order valence-corrected chi connectivity index (χ2v) is 27.0. The molecule has 0 bridgehead atoms. The van der Waals surface area contributed by atoms with E-state index in [9.17, 15) is 0 Å². The van der Waals surface area contributed by atoms with Crippen molar-refractivity contribution in [3.05, 3.63) is 214 Å². The Kier molecular flexibility index (Phi) is 14.0. The number of nitrogens with zero attached hydrogens (tertiary/aromatic N) is 1. The SMILES string of the molecule is C/C=[C](/[Sn][N](c1c(C(c2ccccc2)c2ccccc2)cc(C(C)C)cc1C(c1ccccc1)c1ccccc1)[Si](C(C)C)(C(C)C)C(C)C)c1ccccc1. The van der Waals surface area contributed by atoms with Crippen molar-refractivity contribution in [1.82, 2.24) is 0 Å². The van der Waals surface area contributed by atoms with E-state index in [2.05, 4.69) is 235 Å². The molecule has 0 aromatic heterocycles. The molecule has 286 valence electrons. The standard InChI is InChI=1S/C44H52NSi.C9H9.Sn/c1-31(2)39-29-40(42(35-21-13-9-14-22-35)36-23-15-10-16-24-36)44(45-46(32(3)4,33(5)6)34(7)8)41(30-39)43(37-25-17-11-18-26-37)38-27-19-12-20-28-38;1-2-6-9-7-4-3-5-8-9;/h9-34,42-43H,1-8H3;2-5,7-8H,1H3;/q-1;;+1. The summed E-state index contributed by atoms with van der Waals surface area (Å²) in [6.07, 6.45) is 2.45. The molecule has 0 aliphatic rings. The van der Waals surface area contributed by atoms with Crippen LogP contribution >= 0.6 is 0 Å². The van der Waals surface area contributed by atoms with Gasteiger partial charge in [-0.2, -0.15) is 0 Å². The van der Waals surface area contributed by atoms with Gasteiger partial charge in [0.2, 0.25) is 0 Å². The van der Waals surface area contributed by atoms with Crippen LogP contribution < -0.4 is 2.79 Å². The van der Waals surface area contributed by atoms with Crippen LogP contribution in [0, 0.1) is 0 Å². The van der Waals surface area contributed by atoms with Crippen LogP contribution in [0.2, 0.25) is 16.6 Å². The molecule has 0 N–H and O–H groups in total. The van der Waals surface area contributed by atoms with E-state index in [0.29, 0.717) is 22.5 Å². The van der Waals surface area contributed by atoms with E-state index in [0.717, 1.165) is 0 Å².